The first-order valence-electron chi connectivity index (χ1n) is 16.5. The number of piperazine rings is 1. The Morgan fingerprint density at radius 2 is 1.43 bits per heavy atom. The first kappa shape index (κ1) is 35.0. The number of dihydropyridines is 1. The zero-order valence-corrected chi connectivity index (χ0v) is 28.5. The number of nitrogens with zero attached hydrogens (tertiary/aromatic N) is 3. The summed E-state index contributed by atoms with van der Waals surface area (Å²) in [6.45, 7) is 9.42. The lowest BCUT2D eigenvalue weighted by molar-refractivity contribution is -0.384. The van der Waals surface area contributed by atoms with E-state index in [4.69, 9.17) is 4.74 Å². The summed E-state index contributed by atoms with van der Waals surface area (Å²) in [5.74, 6) is -2.62. The molecular weight excluding hydrogens is 622 g/mol. The molecular formula is C38H43N5O6. The van der Waals surface area contributed by atoms with Crippen LogP contribution in [0.2, 0.25) is 0 Å². The molecule has 5 rings (SSSR count). The van der Waals surface area contributed by atoms with Gasteiger partial charge in [0.1, 0.15) is 6.04 Å². The van der Waals surface area contributed by atoms with Crippen LogP contribution in [-0.4, -0.2) is 71.8 Å². The first-order chi connectivity index (χ1) is 23.5. The van der Waals surface area contributed by atoms with E-state index in [1.54, 1.807) is 24.8 Å². The third-order valence-electron chi connectivity index (χ3n) is 9.27. The lowest BCUT2D eigenvalue weighted by Gasteiger charge is -2.41. The van der Waals surface area contributed by atoms with E-state index in [2.05, 4.69) is 39.8 Å². The van der Waals surface area contributed by atoms with Gasteiger partial charge in [-0.15, -0.1) is 0 Å². The number of non-ortho nitro benzene ring substituents is 1. The van der Waals surface area contributed by atoms with Crippen molar-refractivity contribution in [3.63, 3.8) is 0 Å². The fourth-order valence-corrected chi connectivity index (χ4v) is 6.84. The van der Waals surface area contributed by atoms with Gasteiger partial charge < -0.3 is 20.3 Å². The van der Waals surface area contributed by atoms with E-state index >= 15 is 0 Å². The molecule has 0 saturated carbocycles. The molecule has 1 unspecified atom stereocenters. The first-order valence-corrected chi connectivity index (χ1v) is 16.5. The number of benzene rings is 3. The van der Waals surface area contributed by atoms with Gasteiger partial charge in [-0.25, -0.2) is 4.79 Å². The van der Waals surface area contributed by atoms with Crippen molar-refractivity contribution in [3.05, 3.63) is 134 Å². The van der Waals surface area contributed by atoms with Crippen LogP contribution in [0.5, 0.6) is 0 Å². The number of nitro groups is 1. The maximum Gasteiger partial charge on any atom is 0.336 e. The Kier molecular flexibility index (Phi) is 10.9. The summed E-state index contributed by atoms with van der Waals surface area (Å²) < 4.78 is 5.08. The third-order valence-corrected chi connectivity index (χ3v) is 9.27. The molecule has 2 N–H and O–H groups in total. The van der Waals surface area contributed by atoms with Crippen LogP contribution in [0.3, 0.4) is 0 Å². The predicted octanol–water partition coefficient (Wildman–Crippen LogP) is 5.08. The van der Waals surface area contributed by atoms with Crippen LogP contribution < -0.4 is 10.6 Å². The van der Waals surface area contributed by atoms with Gasteiger partial charge in [0.05, 0.1) is 29.6 Å². The molecule has 0 aliphatic carbocycles. The summed E-state index contributed by atoms with van der Waals surface area (Å²) in [7, 11) is 1.24. The molecule has 2 aliphatic rings. The van der Waals surface area contributed by atoms with Crippen LogP contribution >= 0.6 is 0 Å². The molecule has 0 radical (unpaired) electrons. The maximum absolute atomic E-state index is 14.2. The number of allylic oxidation sites excluding steroid dienone is 2. The van der Waals surface area contributed by atoms with Crippen LogP contribution in [0.4, 0.5) is 5.69 Å². The predicted molar refractivity (Wildman–Crippen MR) is 186 cm³/mol. The lowest BCUT2D eigenvalue weighted by Crippen LogP contribution is -2.57. The van der Waals surface area contributed by atoms with Crippen LogP contribution in [0.1, 0.15) is 56.3 Å². The van der Waals surface area contributed by atoms with E-state index < -0.39 is 28.8 Å². The highest BCUT2D eigenvalue weighted by Gasteiger charge is 2.40. The molecule has 3 aromatic rings. The van der Waals surface area contributed by atoms with Gasteiger partial charge in [0.25, 0.3) is 11.6 Å². The minimum atomic E-state index is -0.965. The molecule has 11 heteroatoms. The summed E-state index contributed by atoms with van der Waals surface area (Å²) in [5.41, 5.74) is 3.85. The molecule has 1 saturated heterocycles. The number of carbonyl (C=O) groups is 3. The zero-order valence-electron chi connectivity index (χ0n) is 28.5. The van der Waals surface area contributed by atoms with Crippen LogP contribution in [0.25, 0.3) is 0 Å². The number of hydrogen-bond acceptors (Lipinski definition) is 8. The topological polar surface area (TPSA) is 134 Å². The van der Waals surface area contributed by atoms with Crippen molar-refractivity contribution in [2.75, 3.05) is 33.3 Å². The number of nitro benzene ring substituents is 1. The van der Waals surface area contributed by atoms with E-state index in [1.807, 2.05) is 50.2 Å². The average Bonchev–Trinajstić information content (AvgIpc) is 3.11. The van der Waals surface area contributed by atoms with Crippen molar-refractivity contribution in [2.45, 2.75) is 45.7 Å². The Balaban J connectivity index is 1.38. The number of nitrogens with one attached hydrogen (secondary N) is 2. The average molecular weight is 666 g/mol. The quantitative estimate of drug-likeness (QED) is 0.174. The smallest absolute Gasteiger partial charge is 0.336 e. The third kappa shape index (κ3) is 7.57. The number of carbonyl (C=O) groups excluding carboxylic acids is 3. The maximum atomic E-state index is 14.2. The van der Waals surface area contributed by atoms with Crippen molar-refractivity contribution in [3.8, 4) is 0 Å². The summed E-state index contributed by atoms with van der Waals surface area (Å²) in [6, 6.07) is 25.7. The largest absolute Gasteiger partial charge is 0.466 e. The molecule has 49 heavy (non-hydrogen) atoms. The standard InChI is InChI=1S/C38H43N5O6/c1-24(2)34(37(45)42-21-19-41(20-22-42)35(27-13-8-6-9-14-27)28-15-10-7-11-16-28)40-36(44)31-25(3)39-26(4)32(38(46)49-5)33(31)29-17-12-18-30(23-29)43(47)48/h6-18,23-24,33-35,39H,19-22H2,1-5H3,(H,40,44)/t33-,34?/m0/s1. The normalized spacial score (nSPS) is 17.5. The molecule has 3 aromatic carbocycles. The SMILES string of the molecule is COC(=O)C1=C(C)NC(C)=C(C(=O)NC(C(=O)N2CCN(C(c3ccccc3)c3ccccc3)CC2)C(C)C)[C@@H]1c1cccc([N+](=O)[O-])c1. The second-order valence-corrected chi connectivity index (χ2v) is 12.8. The van der Waals surface area contributed by atoms with Crippen LogP contribution in [-0.2, 0) is 19.1 Å². The van der Waals surface area contributed by atoms with E-state index in [0.29, 0.717) is 43.1 Å². The van der Waals surface area contributed by atoms with Crippen molar-refractivity contribution in [1.29, 1.82) is 0 Å². The van der Waals surface area contributed by atoms with Gasteiger partial charge in [-0.2, -0.15) is 0 Å². The minimum absolute atomic E-state index is 0.0419. The second-order valence-electron chi connectivity index (χ2n) is 12.8. The molecule has 0 bridgehead atoms. The van der Waals surface area contributed by atoms with E-state index in [1.165, 1.54) is 36.4 Å². The molecule has 0 aromatic heterocycles. The molecule has 2 aliphatic heterocycles. The van der Waals surface area contributed by atoms with Gasteiger partial charge in [0, 0.05) is 55.3 Å². The Morgan fingerprint density at radius 3 is 1.96 bits per heavy atom. The van der Waals surface area contributed by atoms with Gasteiger partial charge in [-0.1, -0.05) is 86.6 Å². The summed E-state index contributed by atoms with van der Waals surface area (Å²) in [4.78, 5) is 56.7. The van der Waals surface area contributed by atoms with Crippen LogP contribution in [0.15, 0.2) is 107 Å². The van der Waals surface area contributed by atoms with Gasteiger partial charge in [0.2, 0.25) is 5.91 Å². The highest BCUT2D eigenvalue weighted by molar-refractivity contribution is 6.03. The van der Waals surface area contributed by atoms with Gasteiger partial charge in [0.15, 0.2) is 0 Å². The Bertz CT molecular complexity index is 1720. The summed E-state index contributed by atoms with van der Waals surface area (Å²) in [5, 5.41) is 17.7. The zero-order chi connectivity index (χ0) is 35.2. The highest BCUT2D eigenvalue weighted by atomic mass is 16.6. The Hall–Kier alpha value is -5.29. The van der Waals surface area contributed by atoms with Crippen LogP contribution in [0, 0.1) is 16.0 Å². The molecule has 2 amide bonds. The van der Waals surface area contributed by atoms with Gasteiger partial charge in [-0.05, 0) is 36.5 Å². The van der Waals surface area contributed by atoms with E-state index in [9.17, 15) is 24.5 Å². The molecule has 2 heterocycles. The molecule has 0 spiro atoms. The molecule has 2 atom stereocenters. The number of ether oxygens (including phenoxy) is 1. The number of methoxy groups -OCH3 is 1. The number of hydrogen-bond donors (Lipinski definition) is 2. The number of rotatable bonds is 10. The molecule has 11 nitrogen and oxygen atoms in total. The Labute approximate surface area is 286 Å². The fraction of sp³-hybridized carbons (Fsp3) is 0.342. The van der Waals surface area contributed by atoms with Crippen molar-refractivity contribution in [2.24, 2.45) is 5.92 Å². The molecule has 256 valence electrons. The van der Waals surface area contributed by atoms with Crippen molar-refractivity contribution in [1.82, 2.24) is 20.4 Å². The highest BCUT2D eigenvalue weighted by Crippen LogP contribution is 2.40. The van der Waals surface area contributed by atoms with E-state index in [-0.39, 0.29) is 34.7 Å². The van der Waals surface area contributed by atoms with Gasteiger partial charge >= 0.3 is 5.97 Å². The van der Waals surface area contributed by atoms with Crippen molar-refractivity contribution < 1.29 is 24.0 Å². The Morgan fingerprint density at radius 1 is 0.857 bits per heavy atom. The van der Waals surface area contributed by atoms with Gasteiger partial charge in [-0.3, -0.25) is 24.6 Å². The number of esters is 1. The summed E-state index contributed by atoms with van der Waals surface area (Å²) in [6.07, 6.45) is 0. The van der Waals surface area contributed by atoms with Crippen molar-refractivity contribution >= 4 is 23.5 Å². The fourth-order valence-electron chi connectivity index (χ4n) is 6.84. The summed E-state index contributed by atoms with van der Waals surface area (Å²) >= 11 is 0. The lowest BCUT2D eigenvalue weighted by atomic mass is 9.79. The minimum Gasteiger partial charge on any atom is -0.466 e. The van der Waals surface area contributed by atoms with E-state index in [0.717, 1.165) is 0 Å². The number of amides is 2. The second kappa shape index (κ2) is 15.3. The monoisotopic (exact) mass is 665 g/mol. The molecule has 1 fully saturated rings.